The van der Waals surface area contributed by atoms with Crippen molar-refractivity contribution in [3.63, 3.8) is 0 Å². The highest BCUT2D eigenvalue weighted by Gasteiger charge is 2.30. The van der Waals surface area contributed by atoms with Gasteiger partial charge in [-0.1, -0.05) is 0 Å². The fraction of sp³-hybridized carbons (Fsp3) is 0.667. The first kappa shape index (κ1) is 10.9. The topological polar surface area (TPSA) is 41.1 Å². The first-order valence-electron chi connectivity index (χ1n) is 6.22. The molecule has 2 bridgehead atoms. The Morgan fingerprint density at radius 1 is 1.29 bits per heavy atom. The van der Waals surface area contributed by atoms with E-state index >= 15 is 0 Å². The van der Waals surface area contributed by atoms with Crippen LogP contribution in [0.4, 0.5) is 10.2 Å². The van der Waals surface area contributed by atoms with Crippen molar-refractivity contribution in [3.05, 3.63) is 17.8 Å². The summed E-state index contributed by atoms with van der Waals surface area (Å²) in [6, 6.07) is 1.09. The molecule has 3 rings (SSSR count). The lowest BCUT2D eigenvalue weighted by Crippen LogP contribution is -2.36. The smallest absolute Gasteiger partial charge is 0.186 e. The summed E-state index contributed by atoms with van der Waals surface area (Å²) >= 11 is 0. The fourth-order valence-corrected chi connectivity index (χ4v) is 2.80. The van der Waals surface area contributed by atoms with Crippen molar-refractivity contribution in [2.24, 2.45) is 0 Å². The van der Waals surface area contributed by atoms with Crippen molar-refractivity contribution in [1.82, 2.24) is 15.3 Å². The minimum absolute atomic E-state index is 0.273. The van der Waals surface area contributed by atoms with Gasteiger partial charge in [0.1, 0.15) is 6.33 Å². The van der Waals surface area contributed by atoms with Crippen LogP contribution in [-0.2, 0) is 0 Å². The molecule has 2 unspecified atom stereocenters. The molecule has 0 spiro atoms. The predicted octanol–water partition coefficient (Wildman–Crippen LogP) is 1.25. The van der Waals surface area contributed by atoms with Crippen LogP contribution in [0.2, 0.25) is 0 Å². The van der Waals surface area contributed by atoms with Gasteiger partial charge in [0, 0.05) is 25.2 Å². The third-order valence-electron chi connectivity index (χ3n) is 3.77. The van der Waals surface area contributed by atoms with E-state index in [2.05, 4.69) is 20.2 Å². The Kier molecular flexibility index (Phi) is 2.70. The molecule has 1 aromatic heterocycles. The summed E-state index contributed by atoms with van der Waals surface area (Å²) in [4.78, 5) is 10.0. The van der Waals surface area contributed by atoms with Crippen LogP contribution in [0, 0.1) is 12.7 Å². The van der Waals surface area contributed by atoms with Crippen LogP contribution in [-0.4, -0.2) is 35.1 Å². The number of hydrogen-bond acceptors (Lipinski definition) is 4. The molecule has 2 aliphatic rings. The summed E-state index contributed by atoms with van der Waals surface area (Å²) in [5.74, 6) is 0.192. The largest absolute Gasteiger partial charge is 0.352 e. The summed E-state index contributed by atoms with van der Waals surface area (Å²) in [7, 11) is 0. The molecular formula is C12H17FN4. The lowest BCUT2D eigenvalue weighted by Gasteiger charge is -2.25. The molecular weight excluding hydrogens is 219 g/mol. The van der Waals surface area contributed by atoms with Gasteiger partial charge in [0.2, 0.25) is 0 Å². The Labute approximate surface area is 100 Å². The summed E-state index contributed by atoms with van der Waals surface area (Å²) in [6.07, 6.45) is 4.96. The Balaban J connectivity index is 1.86. The van der Waals surface area contributed by atoms with E-state index in [1.165, 1.54) is 19.2 Å². The van der Waals surface area contributed by atoms with E-state index < -0.39 is 0 Å². The fourth-order valence-electron chi connectivity index (χ4n) is 2.80. The summed E-state index contributed by atoms with van der Waals surface area (Å²) in [5, 5.41) is 3.58. The third-order valence-corrected chi connectivity index (χ3v) is 3.77. The molecule has 0 radical (unpaired) electrons. The monoisotopic (exact) mass is 236 g/mol. The average molecular weight is 236 g/mol. The van der Waals surface area contributed by atoms with E-state index in [9.17, 15) is 4.39 Å². The minimum Gasteiger partial charge on any atom is -0.352 e. The number of aromatic nitrogens is 2. The molecule has 0 aromatic carbocycles. The second-order valence-corrected chi connectivity index (χ2v) is 4.97. The number of anilines is 1. The van der Waals surface area contributed by atoms with Crippen LogP contribution in [0.3, 0.4) is 0 Å². The van der Waals surface area contributed by atoms with Crippen LogP contribution >= 0.6 is 0 Å². The number of fused-ring (bicyclic) bond motifs is 2. The van der Waals surface area contributed by atoms with Gasteiger partial charge in [0.25, 0.3) is 0 Å². The molecule has 2 saturated heterocycles. The molecule has 1 aromatic rings. The molecule has 3 heterocycles. The van der Waals surface area contributed by atoms with Crippen molar-refractivity contribution >= 4 is 5.82 Å². The maximum atomic E-state index is 14.0. The first-order chi connectivity index (χ1) is 8.24. The van der Waals surface area contributed by atoms with Crippen molar-refractivity contribution in [3.8, 4) is 0 Å². The SMILES string of the molecule is Cc1ncnc(N2CCC3CCC(C2)N3)c1F. The van der Waals surface area contributed by atoms with Crippen LogP contribution in [0.5, 0.6) is 0 Å². The molecule has 5 heteroatoms. The van der Waals surface area contributed by atoms with Crippen LogP contribution in [0.1, 0.15) is 25.0 Å². The quantitative estimate of drug-likeness (QED) is 0.797. The number of halogens is 1. The van der Waals surface area contributed by atoms with Gasteiger partial charge < -0.3 is 10.2 Å². The van der Waals surface area contributed by atoms with Gasteiger partial charge in [0.05, 0.1) is 5.69 Å². The number of nitrogens with zero attached hydrogens (tertiary/aromatic N) is 3. The summed E-state index contributed by atoms with van der Waals surface area (Å²) in [6.45, 7) is 3.41. The predicted molar refractivity (Wildman–Crippen MR) is 63.5 cm³/mol. The lowest BCUT2D eigenvalue weighted by molar-refractivity contribution is 0.563. The Bertz CT molecular complexity index is 423. The van der Waals surface area contributed by atoms with Crippen LogP contribution < -0.4 is 10.2 Å². The minimum atomic E-state index is -0.273. The van der Waals surface area contributed by atoms with Gasteiger partial charge in [-0.3, -0.25) is 0 Å². The van der Waals surface area contributed by atoms with Gasteiger partial charge in [-0.05, 0) is 26.2 Å². The molecule has 2 atom stereocenters. The van der Waals surface area contributed by atoms with Gasteiger partial charge in [-0.25, -0.2) is 14.4 Å². The van der Waals surface area contributed by atoms with E-state index in [-0.39, 0.29) is 5.82 Å². The number of aryl methyl sites for hydroxylation is 1. The van der Waals surface area contributed by atoms with Crippen molar-refractivity contribution in [1.29, 1.82) is 0 Å². The standard InChI is InChI=1S/C12H17FN4/c1-8-11(13)12(15-7-14-8)17-5-4-9-2-3-10(6-17)16-9/h7,9-10,16H,2-6H2,1H3. The molecule has 0 amide bonds. The zero-order valence-corrected chi connectivity index (χ0v) is 9.99. The summed E-state index contributed by atoms with van der Waals surface area (Å²) < 4.78 is 14.0. The Hall–Kier alpha value is -1.23. The maximum absolute atomic E-state index is 14.0. The Morgan fingerprint density at radius 2 is 2.12 bits per heavy atom. The zero-order valence-electron chi connectivity index (χ0n) is 9.99. The Morgan fingerprint density at radius 3 is 3.00 bits per heavy atom. The molecule has 17 heavy (non-hydrogen) atoms. The first-order valence-corrected chi connectivity index (χ1v) is 6.22. The normalized spacial score (nSPS) is 28.2. The van der Waals surface area contributed by atoms with Gasteiger partial charge in [-0.2, -0.15) is 0 Å². The molecule has 0 saturated carbocycles. The second-order valence-electron chi connectivity index (χ2n) is 4.97. The molecule has 1 N–H and O–H groups in total. The van der Waals surface area contributed by atoms with Gasteiger partial charge >= 0.3 is 0 Å². The van der Waals surface area contributed by atoms with Crippen molar-refractivity contribution < 1.29 is 4.39 Å². The molecule has 2 fully saturated rings. The lowest BCUT2D eigenvalue weighted by atomic mass is 10.1. The number of nitrogens with one attached hydrogen (secondary N) is 1. The highest BCUT2D eigenvalue weighted by Crippen LogP contribution is 2.25. The van der Waals surface area contributed by atoms with E-state index in [0.29, 0.717) is 23.6 Å². The van der Waals surface area contributed by atoms with Crippen molar-refractivity contribution in [2.45, 2.75) is 38.3 Å². The van der Waals surface area contributed by atoms with Gasteiger partial charge in [0.15, 0.2) is 11.6 Å². The van der Waals surface area contributed by atoms with Crippen LogP contribution in [0.25, 0.3) is 0 Å². The highest BCUT2D eigenvalue weighted by atomic mass is 19.1. The second kappa shape index (κ2) is 4.22. The average Bonchev–Trinajstić information content (AvgIpc) is 2.63. The van der Waals surface area contributed by atoms with E-state index in [1.807, 2.05) is 0 Å². The van der Waals surface area contributed by atoms with E-state index in [0.717, 1.165) is 19.5 Å². The van der Waals surface area contributed by atoms with Crippen LogP contribution in [0.15, 0.2) is 6.33 Å². The third kappa shape index (κ3) is 1.99. The number of rotatable bonds is 1. The molecule has 0 aliphatic carbocycles. The zero-order chi connectivity index (χ0) is 11.8. The summed E-state index contributed by atoms with van der Waals surface area (Å²) in [5.41, 5.74) is 0.428. The molecule has 4 nitrogen and oxygen atoms in total. The van der Waals surface area contributed by atoms with E-state index in [1.54, 1.807) is 6.92 Å². The van der Waals surface area contributed by atoms with E-state index in [4.69, 9.17) is 0 Å². The number of hydrogen-bond donors (Lipinski definition) is 1. The molecule has 2 aliphatic heterocycles. The maximum Gasteiger partial charge on any atom is 0.186 e. The molecule has 92 valence electrons. The highest BCUT2D eigenvalue weighted by molar-refractivity contribution is 5.41. The van der Waals surface area contributed by atoms with Crippen molar-refractivity contribution in [2.75, 3.05) is 18.0 Å². The van der Waals surface area contributed by atoms with Gasteiger partial charge in [-0.15, -0.1) is 0 Å².